The third kappa shape index (κ3) is 2.68. The van der Waals surface area contributed by atoms with Crippen LogP contribution in [-0.2, 0) is 19.5 Å². The smallest absolute Gasteiger partial charge is 0.274 e. The molecule has 0 fully saturated rings. The summed E-state index contributed by atoms with van der Waals surface area (Å²) >= 11 is 3.39. The lowest BCUT2D eigenvalue weighted by Gasteiger charge is -2.36. The minimum absolute atomic E-state index is 0.0348. The number of hydrogen-bond acceptors (Lipinski definition) is 4. The molecular weight excluding hydrogens is 406 g/mol. The van der Waals surface area contributed by atoms with E-state index >= 15 is 0 Å². The lowest BCUT2D eigenvalue weighted by Crippen LogP contribution is -2.39. The first-order valence-corrected chi connectivity index (χ1v) is 9.94. The average molecular weight is 426 g/mol. The van der Waals surface area contributed by atoms with Crippen LogP contribution in [0.3, 0.4) is 0 Å². The summed E-state index contributed by atoms with van der Waals surface area (Å²) < 4.78 is 2.47. The molecule has 138 valence electrons. The fourth-order valence-corrected chi connectivity index (χ4v) is 4.68. The summed E-state index contributed by atoms with van der Waals surface area (Å²) in [5.74, 6) is -0.0348. The molecule has 3 aromatic rings. The summed E-state index contributed by atoms with van der Waals surface area (Å²) in [6, 6.07) is 6.24. The number of benzene rings is 1. The predicted octanol–water partition coefficient (Wildman–Crippen LogP) is 3.20. The van der Waals surface area contributed by atoms with E-state index in [4.69, 9.17) is 0 Å². The highest BCUT2D eigenvalue weighted by molar-refractivity contribution is 9.10. The minimum atomic E-state index is -0.0348. The van der Waals surface area contributed by atoms with E-state index in [0.29, 0.717) is 11.3 Å². The highest BCUT2D eigenvalue weighted by Crippen LogP contribution is 2.36. The van der Waals surface area contributed by atoms with Gasteiger partial charge < -0.3 is 4.90 Å². The van der Waals surface area contributed by atoms with Crippen molar-refractivity contribution in [2.75, 3.05) is 13.6 Å². The van der Waals surface area contributed by atoms with Gasteiger partial charge in [0.15, 0.2) is 11.3 Å². The lowest BCUT2D eigenvalue weighted by molar-refractivity contribution is 0.0670. The number of aromatic nitrogens is 3. The van der Waals surface area contributed by atoms with Crippen molar-refractivity contribution < 1.29 is 4.79 Å². The summed E-state index contributed by atoms with van der Waals surface area (Å²) in [7, 11) is 2.16. The van der Waals surface area contributed by atoms with Crippen LogP contribution in [0.15, 0.2) is 35.1 Å². The molecule has 6 nitrogen and oxygen atoms in total. The van der Waals surface area contributed by atoms with Crippen LogP contribution in [-0.4, -0.2) is 43.9 Å². The number of carbonyl (C=O) groups excluding carboxylic acids is 1. The Morgan fingerprint density at radius 2 is 2.11 bits per heavy atom. The van der Waals surface area contributed by atoms with E-state index in [0.717, 1.165) is 30.5 Å². The van der Waals surface area contributed by atoms with E-state index in [1.807, 2.05) is 11.1 Å². The fraction of sp³-hybridized carbons (Fsp3) is 0.350. The van der Waals surface area contributed by atoms with Gasteiger partial charge in [-0.15, -0.1) is 0 Å². The molecule has 0 bridgehead atoms. The molecular formula is C20H20BrN5O. The van der Waals surface area contributed by atoms with Crippen LogP contribution in [0.2, 0.25) is 0 Å². The van der Waals surface area contributed by atoms with Gasteiger partial charge >= 0.3 is 0 Å². The standard InChI is InChI=1S/C20H20BrN5O/c1-12-15-4-3-13-9-24(2)11-17(13)16(15)5-6-25(12)20(27)18-7-19-22-8-14(21)10-26(19)23-18/h3-4,7-8,10,12H,5-6,9,11H2,1-2H3. The summed E-state index contributed by atoms with van der Waals surface area (Å²) in [5, 5.41) is 4.43. The van der Waals surface area contributed by atoms with E-state index in [2.05, 4.69) is 57.0 Å². The van der Waals surface area contributed by atoms with Crippen molar-refractivity contribution in [3.63, 3.8) is 0 Å². The maximum absolute atomic E-state index is 13.2. The molecule has 1 aromatic carbocycles. The van der Waals surface area contributed by atoms with Gasteiger partial charge in [-0.2, -0.15) is 5.10 Å². The number of rotatable bonds is 1. The molecule has 2 aliphatic rings. The molecule has 0 aliphatic carbocycles. The third-order valence-corrected chi connectivity index (χ3v) is 6.12. The molecule has 0 N–H and O–H groups in total. The number of hydrogen-bond donors (Lipinski definition) is 0. The third-order valence-electron chi connectivity index (χ3n) is 5.71. The SMILES string of the molecule is CC1c2ccc3c(c2CCN1C(=O)c1cc2ncc(Br)cn2n1)CN(C)C3. The number of fused-ring (bicyclic) bond motifs is 4. The largest absolute Gasteiger partial charge is 0.330 e. The van der Waals surface area contributed by atoms with Gasteiger partial charge in [0.25, 0.3) is 5.91 Å². The van der Waals surface area contributed by atoms with Crippen LogP contribution in [0.4, 0.5) is 0 Å². The number of halogens is 1. The Bertz CT molecular complexity index is 1080. The normalized spacial score (nSPS) is 19.4. The van der Waals surface area contributed by atoms with Gasteiger partial charge in [-0.05, 0) is 58.6 Å². The molecule has 0 spiro atoms. The molecule has 1 amide bonds. The highest BCUT2D eigenvalue weighted by Gasteiger charge is 2.32. The lowest BCUT2D eigenvalue weighted by atomic mass is 9.88. The molecule has 2 aliphatic heterocycles. The van der Waals surface area contributed by atoms with Crippen LogP contribution < -0.4 is 0 Å². The Morgan fingerprint density at radius 1 is 1.26 bits per heavy atom. The predicted molar refractivity (Wildman–Crippen MR) is 105 cm³/mol. The maximum atomic E-state index is 13.2. The zero-order valence-corrected chi connectivity index (χ0v) is 16.9. The molecule has 0 saturated carbocycles. The first-order chi connectivity index (χ1) is 13.0. The zero-order valence-electron chi connectivity index (χ0n) is 15.3. The highest BCUT2D eigenvalue weighted by atomic mass is 79.9. The minimum Gasteiger partial charge on any atom is -0.330 e. The second-order valence-electron chi connectivity index (χ2n) is 7.47. The van der Waals surface area contributed by atoms with E-state index in [1.54, 1.807) is 16.8 Å². The Labute approximate surface area is 165 Å². The van der Waals surface area contributed by atoms with E-state index < -0.39 is 0 Å². The summed E-state index contributed by atoms with van der Waals surface area (Å²) in [6.45, 7) is 4.86. The van der Waals surface area contributed by atoms with E-state index in [-0.39, 0.29) is 11.9 Å². The van der Waals surface area contributed by atoms with Crippen molar-refractivity contribution >= 4 is 27.5 Å². The van der Waals surface area contributed by atoms with Crippen molar-refractivity contribution in [3.8, 4) is 0 Å². The first kappa shape index (κ1) is 16.9. The molecule has 7 heteroatoms. The Balaban J connectivity index is 1.48. The first-order valence-electron chi connectivity index (χ1n) is 9.15. The van der Waals surface area contributed by atoms with Crippen molar-refractivity contribution in [2.45, 2.75) is 32.5 Å². The van der Waals surface area contributed by atoms with Crippen molar-refractivity contribution in [2.24, 2.45) is 0 Å². The monoisotopic (exact) mass is 425 g/mol. The number of nitrogens with zero attached hydrogens (tertiary/aromatic N) is 5. The summed E-state index contributed by atoms with van der Waals surface area (Å²) in [5.41, 5.74) is 6.72. The number of amides is 1. The van der Waals surface area contributed by atoms with Crippen LogP contribution in [0.1, 0.15) is 45.7 Å². The average Bonchev–Trinajstić information content (AvgIpc) is 3.23. The fourth-order valence-electron chi connectivity index (χ4n) is 4.38. The Hall–Kier alpha value is -2.25. The maximum Gasteiger partial charge on any atom is 0.274 e. The van der Waals surface area contributed by atoms with E-state index in [1.165, 1.54) is 22.3 Å². The van der Waals surface area contributed by atoms with Gasteiger partial charge in [0.2, 0.25) is 0 Å². The summed E-state index contributed by atoms with van der Waals surface area (Å²) in [4.78, 5) is 21.7. The van der Waals surface area contributed by atoms with Crippen molar-refractivity contribution in [1.29, 1.82) is 0 Å². The van der Waals surface area contributed by atoms with E-state index in [9.17, 15) is 4.79 Å². The van der Waals surface area contributed by atoms with Crippen LogP contribution in [0.5, 0.6) is 0 Å². The van der Waals surface area contributed by atoms with Crippen LogP contribution in [0, 0.1) is 0 Å². The molecule has 2 aromatic heterocycles. The molecule has 0 radical (unpaired) electrons. The molecule has 4 heterocycles. The summed E-state index contributed by atoms with van der Waals surface area (Å²) in [6.07, 6.45) is 4.43. The van der Waals surface area contributed by atoms with Gasteiger partial charge in [-0.1, -0.05) is 12.1 Å². The van der Waals surface area contributed by atoms with Gasteiger partial charge in [-0.3, -0.25) is 9.69 Å². The molecule has 0 saturated heterocycles. The molecule has 5 rings (SSSR count). The second-order valence-corrected chi connectivity index (χ2v) is 8.39. The molecule has 1 atom stereocenters. The van der Waals surface area contributed by atoms with Gasteiger partial charge in [0.05, 0.1) is 10.5 Å². The van der Waals surface area contributed by atoms with Crippen molar-refractivity contribution in [3.05, 3.63) is 63.0 Å². The van der Waals surface area contributed by atoms with Crippen LogP contribution >= 0.6 is 15.9 Å². The topological polar surface area (TPSA) is 53.7 Å². The zero-order chi connectivity index (χ0) is 18.7. The Morgan fingerprint density at radius 3 is 2.96 bits per heavy atom. The Kier molecular flexibility index (Phi) is 3.84. The molecule has 1 unspecified atom stereocenters. The number of carbonyl (C=O) groups is 1. The van der Waals surface area contributed by atoms with Gasteiger partial charge in [-0.25, -0.2) is 9.50 Å². The molecule has 27 heavy (non-hydrogen) atoms. The quantitative estimate of drug-likeness (QED) is 0.600. The van der Waals surface area contributed by atoms with Crippen LogP contribution in [0.25, 0.3) is 5.65 Å². The van der Waals surface area contributed by atoms with Gasteiger partial charge in [0.1, 0.15) is 0 Å². The van der Waals surface area contributed by atoms with Crippen molar-refractivity contribution in [1.82, 2.24) is 24.4 Å². The van der Waals surface area contributed by atoms with Gasteiger partial charge in [0, 0.05) is 38.1 Å². The second kappa shape index (κ2) is 6.14.